The Morgan fingerprint density at radius 3 is 1.18 bits per heavy atom. The second kappa shape index (κ2) is 16.3. The van der Waals surface area contributed by atoms with Crippen molar-refractivity contribution in [1.82, 2.24) is 0 Å². The molecule has 0 saturated heterocycles. The molecular formula is C21H46P+. The highest BCUT2D eigenvalue weighted by Gasteiger charge is 2.34. The highest BCUT2D eigenvalue weighted by atomic mass is 31.2. The van der Waals surface area contributed by atoms with E-state index in [1.807, 2.05) is 0 Å². The molecule has 0 nitrogen and oxygen atoms in total. The average molecular weight is 330 g/mol. The molecule has 0 aromatic rings. The maximum absolute atomic E-state index is 2.43. The summed E-state index contributed by atoms with van der Waals surface area (Å²) in [6.07, 6.45) is 25.5. The minimum Gasteiger partial charge on any atom is -0.0654 e. The normalized spacial score (nSPS) is 14.2. The molecule has 1 heteroatoms. The van der Waals surface area contributed by atoms with Gasteiger partial charge in [-0.25, -0.2) is 0 Å². The summed E-state index contributed by atoms with van der Waals surface area (Å²) >= 11 is 0. The fourth-order valence-electron chi connectivity index (χ4n) is 3.77. The molecule has 0 aliphatic rings. The van der Waals surface area contributed by atoms with Crippen LogP contribution in [0.2, 0.25) is 0 Å². The summed E-state index contributed by atoms with van der Waals surface area (Å²) in [5.74, 6) is 0. The highest BCUT2D eigenvalue weighted by Crippen LogP contribution is 2.61. The molecule has 0 aliphatic heterocycles. The van der Waals surface area contributed by atoms with Crippen molar-refractivity contribution >= 4 is 7.26 Å². The zero-order valence-electron chi connectivity index (χ0n) is 16.5. The quantitative estimate of drug-likeness (QED) is 0.186. The molecule has 0 aliphatic carbocycles. The first kappa shape index (κ1) is 22.4. The Labute approximate surface area is 143 Å². The van der Waals surface area contributed by atoms with Gasteiger partial charge < -0.3 is 0 Å². The topological polar surface area (TPSA) is 0 Å². The third-order valence-electron chi connectivity index (χ3n) is 5.16. The standard InChI is InChI=1S/C21H46P/c1-5-9-12-14-17-21-22(18-8-4,19-15-11-7-3)20-16-13-10-6-2/h5-21H2,1-4H3/q+1. The van der Waals surface area contributed by atoms with E-state index in [1.165, 1.54) is 83.5 Å². The van der Waals surface area contributed by atoms with E-state index in [1.54, 1.807) is 24.6 Å². The first-order chi connectivity index (χ1) is 10.7. The second-order valence-corrected chi connectivity index (χ2v) is 11.9. The van der Waals surface area contributed by atoms with Crippen molar-refractivity contribution < 1.29 is 0 Å². The minimum atomic E-state index is -0.615. The van der Waals surface area contributed by atoms with Crippen LogP contribution in [0.25, 0.3) is 0 Å². The molecule has 1 atom stereocenters. The van der Waals surface area contributed by atoms with Crippen molar-refractivity contribution in [3.05, 3.63) is 0 Å². The van der Waals surface area contributed by atoms with Gasteiger partial charge in [0, 0.05) is 7.26 Å². The Bertz CT molecular complexity index is 214. The largest absolute Gasteiger partial charge is 0.0654 e. The van der Waals surface area contributed by atoms with Gasteiger partial charge in [-0.3, -0.25) is 0 Å². The number of hydrogen-bond acceptors (Lipinski definition) is 0. The van der Waals surface area contributed by atoms with Gasteiger partial charge in [-0.1, -0.05) is 72.6 Å². The van der Waals surface area contributed by atoms with Gasteiger partial charge in [-0.05, 0) is 38.5 Å². The fourth-order valence-corrected chi connectivity index (χ4v) is 8.74. The van der Waals surface area contributed by atoms with Crippen LogP contribution >= 0.6 is 7.26 Å². The molecular weight excluding hydrogens is 283 g/mol. The van der Waals surface area contributed by atoms with E-state index in [-0.39, 0.29) is 0 Å². The van der Waals surface area contributed by atoms with E-state index < -0.39 is 7.26 Å². The van der Waals surface area contributed by atoms with Gasteiger partial charge in [0.05, 0.1) is 24.6 Å². The molecule has 0 N–H and O–H groups in total. The molecule has 1 unspecified atom stereocenters. The Morgan fingerprint density at radius 1 is 0.364 bits per heavy atom. The average Bonchev–Trinajstić information content (AvgIpc) is 2.52. The molecule has 22 heavy (non-hydrogen) atoms. The molecule has 0 aromatic heterocycles. The van der Waals surface area contributed by atoms with E-state index in [0.29, 0.717) is 0 Å². The Hall–Kier alpha value is 0.430. The van der Waals surface area contributed by atoms with Crippen molar-refractivity contribution in [3.63, 3.8) is 0 Å². The van der Waals surface area contributed by atoms with Crippen molar-refractivity contribution in [2.75, 3.05) is 24.6 Å². The van der Waals surface area contributed by atoms with E-state index in [2.05, 4.69) is 27.7 Å². The molecule has 0 saturated carbocycles. The summed E-state index contributed by atoms with van der Waals surface area (Å²) in [5.41, 5.74) is 0. The van der Waals surface area contributed by atoms with Crippen molar-refractivity contribution in [3.8, 4) is 0 Å². The Kier molecular flexibility index (Phi) is 16.6. The maximum Gasteiger partial charge on any atom is 0.0594 e. The number of hydrogen-bond donors (Lipinski definition) is 0. The van der Waals surface area contributed by atoms with Crippen LogP contribution in [0, 0.1) is 0 Å². The van der Waals surface area contributed by atoms with E-state index in [4.69, 9.17) is 0 Å². The number of unbranched alkanes of at least 4 members (excludes halogenated alkanes) is 9. The highest BCUT2D eigenvalue weighted by molar-refractivity contribution is 7.75. The van der Waals surface area contributed by atoms with Gasteiger partial charge in [0.2, 0.25) is 0 Å². The molecule has 0 spiro atoms. The minimum absolute atomic E-state index is 0.615. The van der Waals surface area contributed by atoms with Crippen LogP contribution in [0.3, 0.4) is 0 Å². The predicted octanol–water partition coefficient (Wildman–Crippen LogP) is 8.15. The van der Waals surface area contributed by atoms with Crippen molar-refractivity contribution in [1.29, 1.82) is 0 Å². The van der Waals surface area contributed by atoms with Crippen LogP contribution in [0.4, 0.5) is 0 Å². The Balaban J connectivity index is 4.36. The van der Waals surface area contributed by atoms with E-state index in [0.717, 1.165) is 0 Å². The van der Waals surface area contributed by atoms with Gasteiger partial charge in [0.15, 0.2) is 0 Å². The van der Waals surface area contributed by atoms with Gasteiger partial charge in [-0.2, -0.15) is 0 Å². The summed E-state index contributed by atoms with van der Waals surface area (Å²) in [5, 5.41) is 0. The van der Waals surface area contributed by atoms with E-state index >= 15 is 0 Å². The third-order valence-corrected chi connectivity index (χ3v) is 10.3. The molecule has 0 aromatic carbocycles. The monoisotopic (exact) mass is 329 g/mol. The summed E-state index contributed by atoms with van der Waals surface area (Å²) < 4.78 is 0. The first-order valence-corrected chi connectivity index (χ1v) is 13.1. The lowest BCUT2D eigenvalue weighted by molar-refractivity contribution is 0.654. The van der Waals surface area contributed by atoms with Crippen molar-refractivity contribution in [2.24, 2.45) is 0 Å². The van der Waals surface area contributed by atoms with Crippen LogP contribution in [-0.4, -0.2) is 24.6 Å². The lowest BCUT2D eigenvalue weighted by atomic mass is 10.2. The lowest BCUT2D eigenvalue weighted by Gasteiger charge is -2.28. The van der Waals surface area contributed by atoms with Gasteiger partial charge in [0.1, 0.15) is 0 Å². The SMILES string of the molecule is CCCCCCC[P+](CCC)(CCCCC)CCCCCC. The molecule has 0 bridgehead atoms. The van der Waals surface area contributed by atoms with Crippen LogP contribution in [0.5, 0.6) is 0 Å². The molecule has 0 fully saturated rings. The van der Waals surface area contributed by atoms with Crippen LogP contribution in [0.15, 0.2) is 0 Å². The molecule has 134 valence electrons. The summed E-state index contributed by atoms with van der Waals surface area (Å²) in [7, 11) is -0.615. The first-order valence-electron chi connectivity index (χ1n) is 10.6. The molecule has 0 heterocycles. The smallest absolute Gasteiger partial charge is 0.0594 e. The molecule has 0 rings (SSSR count). The molecule has 0 amide bonds. The zero-order chi connectivity index (χ0) is 16.5. The third kappa shape index (κ3) is 11.9. The van der Waals surface area contributed by atoms with Gasteiger partial charge in [0.25, 0.3) is 0 Å². The van der Waals surface area contributed by atoms with Crippen LogP contribution in [0.1, 0.15) is 111 Å². The summed E-state index contributed by atoms with van der Waals surface area (Å²) in [6.45, 7) is 9.44. The van der Waals surface area contributed by atoms with Crippen LogP contribution in [-0.2, 0) is 0 Å². The zero-order valence-corrected chi connectivity index (χ0v) is 17.4. The summed E-state index contributed by atoms with van der Waals surface area (Å²) in [4.78, 5) is 0. The van der Waals surface area contributed by atoms with Gasteiger partial charge >= 0.3 is 0 Å². The second-order valence-electron chi connectivity index (χ2n) is 7.42. The maximum atomic E-state index is 2.43. The number of rotatable bonds is 17. The lowest BCUT2D eigenvalue weighted by Crippen LogP contribution is -2.12. The summed E-state index contributed by atoms with van der Waals surface area (Å²) in [6, 6.07) is 0. The predicted molar refractivity (Wildman–Crippen MR) is 109 cm³/mol. The fraction of sp³-hybridized carbons (Fsp3) is 1.00. The van der Waals surface area contributed by atoms with Crippen molar-refractivity contribution in [2.45, 2.75) is 111 Å². The van der Waals surface area contributed by atoms with Gasteiger partial charge in [-0.15, -0.1) is 0 Å². The van der Waals surface area contributed by atoms with E-state index in [9.17, 15) is 0 Å². The molecule has 0 radical (unpaired) electrons. The Morgan fingerprint density at radius 2 is 0.727 bits per heavy atom. The van der Waals surface area contributed by atoms with Crippen LogP contribution < -0.4 is 0 Å².